The van der Waals surface area contributed by atoms with Gasteiger partial charge in [-0.05, 0) is 79.6 Å². The molecule has 0 saturated carbocycles. The van der Waals surface area contributed by atoms with E-state index in [9.17, 15) is 30.6 Å². The number of nitriles is 4. The van der Waals surface area contributed by atoms with E-state index in [4.69, 9.17) is 0 Å². The summed E-state index contributed by atoms with van der Waals surface area (Å²) in [7, 11) is 0. The molecule has 0 spiro atoms. The van der Waals surface area contributed by atoms with Crippen LogP contribution < -0.4 is 0 Å². The highest BCUT2D eigenvalue weighted by molar-refractivity contribution is 7.30. The third-order valence-electron chi connectivity index (χ3n) is 12.7. The van der Waals surface area contributed by atoms with Crippen molar-refractivity contribution in [2.24, 2.45) is 0 Å². The Morgan fingerprint density at radius 1 is 0.492 bits per heavy atom. The van der Waals surface area contributed by atoms with Gasteiger partial charge < -0.3 is 0 Å². The zero-order valence-electron chi connectivity index (χ0n) is 33.1. The van der Waals surface area contributed by atoms with Crippen molar-refractivity contribution in [1.29, 1.82) is 21.0 Å². The third kappa shape index (κ3) is 4.77. The molecule has 0 saturated heterocycles. The number of ketones is 2. The van der Waals surface area contributed by atoms with Gasteiger partial charge in [0, 0.05) is 73.2 Å². The summed E-state index contributed by atoms with van der Waals surface area (Å²) >= 11 is 5.42. The number of rotatable bonds is 2. The summed E-state index contributed by atoms with van der Waals surface area (Å²) in [5.41, 5.74) is 10.1. The molecular formula is C52H28N4O2S3. The number of fused-ring (bicyclic) bond motifs is 13. The molecule has 4 aromatic carbocycles. The van der Waals surface area contributed by atoms with Gasteiger partial charge >= 0.3 is 0 Å². The molecule has 0 aliphatic heterocycles. The largest absolute Gasteiger partial charge is 0.289 e. The molecule has 7 aromatic rings. The minimum Gasteiger partial charge on any atom is -0.289 e. The Morgan fingerprint density at radius 2 is 0.852 bits per heavy atom. The topological polar surface area (TPSA) is 129 Å². The van der Waals surface area contributed by atoms with E-state index in [0.29, 0.717) is 44.5 Å². The van der Waals surface area contributed by atoms with E-state index in [1.54, 1.807) is 59.1 Å². The molecule has 0 radical (unpaired) electrons. The molecule has 6 nitrogen and oxygen atoms in total. The second-order valence-electron chi connectivity index (χ2n) is 16.7. The van der Waals surface area contributed by atoms with E-state index in [1.165, 1.54) is 52.5 Å². The van der Waals surface area contributed by atoms with Crippen LogP contribution in [0.3, 0.4) is 0 Å². The molecule has 11 rings (SSSR count). The average molecular weight is 837 g/mol. The number of allylic oxidation sites excluding steroid dienone is 6. The van der Waals surface area contributed by atoms with Crippen LogP contribution in [-0.2, 0) is 10.8 Å². The van der Waals surface area contributed by atoms with Crippen LogP contribution in [0.4, 0.5) is 0 Å². The Labute approximate surface area is 362 Å². The van der Waals surface area contributed by atoms with Crippen molar-refractivity contribution in [2.45, 2.75) is 38.5 Å². The molecule has 3 heterocycles. The number of hydrogen-bond donors (Lipinski definition) is 0. The van der Waals surface area contributed by atoms with Crippen LogP contribution in [0.2, 0.25) is 0 Å². The second-order valence-corrected chi connectivity index (χ2v) is 19.8. The van der Waals surface area contributed by atoms with Crippen LogP contribution in [0.1, 0.15) is 92.9 Å². The molecule has 0 bridgehead atoms. The standard InChI is InChI=1S/C52H28N4O2S3/c1-51(2)41-33-15-13-25(17-35-39(27(21-53)22-54)29-9-5-7-11-31(29)45(35)57)19-37(33)59-47(41)49-43(51)44-50(61-49)48-42(52(44,3)4)34-16-14-26(20-38(34)60-48)18-36-40(28(23-55)24-56)30-10-6-8-12-32(30)46(36)58/h5-20H,1-4H3/b35-17-,36-18-. The lowest BCUT2D eigenvalue weighted by Crippen LogP contribution is -2.23. The quantitative estimate of drug-likeness (QED) is 0.126. The first kappa shape index (κ1) is 36.8. The van der Waals surface area contributed by atoms with E-state index in [1.807, 2.05) is 72.0 Å². The highest BCUT2D eigenvalue weighted by Crippen LogP contribution is 2.68. The van der Waals surface area contributed by atoms with Crippen molar-refractivity contribution in [3.63, 3.8) is 0 Å². The maximum atomic E-state index is 13.7. The summed E-state index contributed by atoms with van der Waals surface area (Å²) in [5.74, 6) is -0.382. The zero-order chi connectivity index (χ0) is 42.3. The van der Waals surface area contributed by atoms with Gasteiger partial charge in [0.25, 0.3) is 0 Å². The Hall–Kier alpha value is -7.24. The molecule has 4 aliphatic carbocycles. The van der Waals surface area contributed by atoms with Gasteiger partial charge in [-0.1, -0.05) is 100 Å². The summed E-state index contributed by atoms with van der Waals surface area (Å²) in [6, 6.07) is 34.9. The fourth-order valence-electron chi connectivity index (χ4n) is 10.2. The number of hydrogen-bond acceptors (Lipinski definition) is 9. The van der Waals surface area contributed by atoms with Crippen LogP contribution in [0.25, 0.3) is 63.0 Å². The van der Waals surface area contributed by atoms with E-state index in [0.717, 1.165) is 20.5 Å². The van der Waals surface area contributed by atoms with Crippen LogP contribution >= 0.6 is 34.0 Å². The predicted octanol–water partition coefficient (Wildman–Crippen LogP) is 13.0. The summed E-state index contributed by atoms with van der Waals surface area (Å²) in [5, 5.41) is 41.7. The first-order valence-electron chi connectivity index (χ1n) is 19.6. The average Bonchev–Trinajstić information content (AvgIpc) is 4.10. The third-order valence-corrected chi connectivity index (χ3v) is 16.6. The smallest absolute Gasteiger partial charge is 0.194 e. The molecule has 0 amide bonds. The Balaban J connectivity index is 1.01. The molecular weight excluding hydrogens is 809 g/mol. The van der Waals surface area contributed by atoms with E-state index >= 15 is 0 Å². The lowest BCUT2D eigenvalue weighted by Gasteiger charge is -2.29. The van der Waals surface area contributed by atoms with Gasteiger partial charge in [-0.25, -0.2) is 0 Å². The molecule has 0 fully saturated rings. The van der Waals surface area contributed by atoms with Gasteiger partial charge in [0.15, 0.2) is 11.6 Å². The number of carbonyl (C=O) groups excluding carboxylic acids is 2. The predicted molar refractivity (Wildman–Crippen MR) is 244 cm³/mol. The van der Waals surface area contributed by atoms with Crippen molar-refractivity contribution in [1.82, 2.24) is 0 Å². The highest BCUT2D eigenvalue weighted by atomic mass is 32.1. The molecule has 3 aromatic heterocycles. The van der Waals surface area contributed by atoms with E-state index in [-0.39, 0.29) is 33.5 Å². The van der Waals surface area contributed by atoms with Crippen molar-refractivity contribution >= 4 is 89.0 Å². The number of thiophene rings is 3. The molecule has 9 heteroatoms. The SMILES string of the molecule is CC1(C)c2c(sc3c2C(C)(C)c2c-3sc3cc(/C=C4\C(=O)c5ccccc5C4=C(C#N)C#N)ccc23)-c2sc3cc(/C=C4\C(=O)c5ccccc5C4=C(C#N)C#N)ccc3c21. The maximum Gasteiger partial charge on any atom is 0.194 e. The van der Waals surface area contributed by atoms with Gasteiger partial charge in [0.2, 0.25) is 0 Å². The normalized spacial score (nSPS) is 17.1. The first-order valence-corrected chi connectivity index (χ1v) is 22.0. The summed E-state index contributed by atoms with van der Waals surface area (Å²) in [6.45, 7) is 9.33. The molecule has 61 heavy (non-hydrogen) atoms. The van der Waals surface area contributed by atoms with Gasteiger partial charge in [-0.2, -0.15) is 21.0 Å². The molecule has 0 N–H and O–H groups in total. The second kappa shape index (κ2) is 12.6. The first-order chi connectivity index (χ1) is 29.4. The minimum absolute atomic E-state index is 0.0757. The summed E-state index contributed by atoms with van der Waals surface area (Å²) in [4.78, 5) is 32.5. The van der Waals surface area contributed by atoms with Crippen molar-refractivity contribution in [3.05, 3.63) is 163 Å². The fourth-order valence-corrected chi connectivity index (χ4v) is 14.9. The Kier molecular flexibility index (Phi) is 7.63. The van der Waals surface area contributed by atoms with Crippen LogP contribution in [0, 0.1) is 45.3 Å². The minimum atomic E-state index is -0.274. The maximum absolute atomic E-state index is 13.7. The van der Waals surface area contributed by atoms with Gasteiger partial charge in [-0.15, -0.1) is 34.0 Å². The van der Waals surface area contributed by atoms with E-state index < -0.39 is 0 Å². The monoisotopic (exact) mass is 836 g/mol. The van der Waals surface area contributed by atoms with Gasteiger partial charge in [0.1, 0.15) is 35.4 Å². The lowest BCUT2D eigenvalue weighted by atomic mass is 9.73. The molecule has 286 valence electrons. The zero-order valence-corrected chi connectivity index (χ0v) is 35.5. The van der Waals surface area contributed by atoms with Crippen LogP contribution in [0.15, 0.2) is 107 Å². The summed E-state index contributed by atoms with van der Waals surface area (Å²) < 4.78 is 2.23. The number of carbonyl (C=O) groups is 2. The highest BCUT2D eigenvalue weighted by Gasteiger charge is 2.51. The summed E-state index contributed by atoms with van der Waals surface area (Å²) in [6.07, 6.45) is 3.63. The number of nitrogens with zero attached hydrogens (tertiary/aromatic N) is 4. The van der Waals surface area contributed by atoms with Gasteiger partial charge in [-0.3, -0.25) is 9.59 Å². The molecule has 4 aliphatic rings. The van der Waals surface area contributed by atoms with Crippen molar-refractivity contribution in [3.8, 4) is 43.8 Å². The number of benzene rings is 4. The Morgan fingerprint density at radius 3 is 1.23 bits per heavy atom. The van der Waals surface area contributed by atoms with Crippen molar-refractivity contribution < 1.29 is 9.59 Å². The van der Waals surface area contributed by atoms with Crippen LogP contribution in [-0.4, -0.2) is 11.6 Å². The Bertz CT molecular complexity index is 3350. The molecule has 0 unspecified atom stereocenters. The number of Topliss-reactive ketones (excluding diaryl/α,β-unsaturated/α-hetero) is 2. The lowest BCUT2D eigenvalue weighted by molar-refractivity contribution is 0.103. The van der Waals surface area contributed by atoms with E-state index in [2.05, 4.69) is 52.0 Å². The van der Waals surface area contributed by atoms with Crippen LogP contribution in [0.5, 0.6) is 0 Å². The van der Waals surface area contributed by atoms with Gasteiger partial charge in [0.05, 0.1) is 0 Å². The van der Waals surface area contributed by atoms with Crippen molar-refractivity contribution in [2.75, 3.05) is 0 Å². The fraction of sp³-hybridized carbons (Fsp3) is 0.115. The molecule has 0 atom stereocenters.